The number of fused-ring (bicyclic) bond motifs is 1. The number of nitrogens with zero attached hydrogens (tertiary/aromatic N) is 3. The molecular formula is C12H11N3O5. The van der Waals surface area contributed by atoms with Crippen LogP contribution in [0.15, 0.2) is 18.2 Å². The largest absolute Gasteiger partial charge is 0.328 e. The van der Waals surface area contributed by atoms with E-state index in [9.17, 15) is 24.5 Å². The lowest BCUT2D eigenvalue weighted by Crippen LogP contribution is -2.41. The van der Waals surface area contributed by atoms with Gasteiger partial charge < -0.3 is 4.90 Å². The normalized spacial score (nSPS) is 13.4. The highest BCUT2D eigenvalue weighted by atomic mass is 16.6. The lowest BCUT2D eigenvalue weighted by Gasteiger charge is -2.21. The highest BCUT2D eigenvalue weighted by molar-refractivity contribution is 6.21. The summed E-state index contributed by atoms with van der Waals surface area (Å²) < 4.78 is 0. The van der Waals surface area contributed by atoms with Gasteiger partial charge in [-0.1, -0.05) is 0 Å². The van der Waals surface area contributed by atoms with Crippen LogP contribution in [0.4, 0.5) is 5.69 Å². The summed E-state index contributed by atoms with van der Waals surface area (Å²) in [6.45, 7) is 1.12. The van der Waals surface area contributed by atoms with Crippen LogP contribution < -0.4 is 0 Å². The molecule has 2 rings (SSSR count). The number of nitro benzene ring substituents is 1. The van der Waals surface area contributed by atoms with Crippen molar-refractivity contribution in [1.82, 2.24) is 9.80 Å². The Bertz CT molecular complexity index is 640. The van der Waals surface area contributed by atoms with Crippen molar-refractivity contribution in [2.24, 2.45) is 0 Å². The molecule has 8 nitrogen and oxygen atoms in total. The van der Waals surface area contributed by atoms with Crippen molar-refractivity contribution in [3.05, 3.63) is 39.4 Å². The summed E-state index contributed by atoms with van der Waals surface area (Å²) in [5.41, 5.74) is -0.162. The van der Waals surface area contributed by atoms with Crippen LogP contribution in [0.5, 0.6) is 0 Å². The van der Waals surface area contributed by atoms with Crippen LogP contribution in [-0.2, 0) is 4.79 Å². The smallest absolute Gasteiger partial charge is 0.270 e. The monoisotopic (exact) mass is 277 g/mol. The van der Waals surface area contributed by atoms with Crippen molar-refractivity contribution >= 4 is 23.4 Å². The van der Waals surface area contributed by atoms with Crippen LogP contribution in [0.2, 0.25) is 0 Å². The second kappa shape index (κ2) is 4.72. The van der Waals surface area contributed by atoms with E-state index in [-0.39, 0.29) is 29.4 Å². The highest BCUT2D eigenvalue weighted by Gasteiger charge is 2.37. The van der Waals surface area contributed by atoms with Gasteiger partial charge in [0, 0.05) is 26.1 Å². The first-order chi connectivity index (χ1) is 9.32. The molecule has 0 saturated heterocycles. The van der Waals surface area contributed by atoms with E-state index in [0.29, 0.717) is 0 Å². The fourth-order valence-electron chi connectivity index (χ4n) is 1.83. The minimum absolute atomic E-state index is 0.0128. The summed E-state index contributed by atoms with van der Waals surface area (Å²) in [5.74, 6) is -1.50. The lowest BCUT2D eigenvalue weighted by atomic mass is 10.1. The standard InChI is InChI=1S/C12H11N3O5/c1-7(16)13(2)6-14-11(17)9-4-3-8(15(19)20)5-10(9)12(14)18/h3-5H,6H2,1-2H3. The molecule has 0 aromatic heterocycles. The molecule has 0 spiro atoms. The molecule has 1 aromatic carbocycles. The third-order valence-electron chi connectivity index (χ3n) is 3.06. The van der Waals surface area contributed by atoms with Crippen LogP contribution in [0.3, 0.4) is 0 Å². The first-order valence-electron chi connectivity index (χ1n) is 5.69. The molecule has 104 valence electrons. The summed E-state index contributed by atoms with van der Waals surface area (Å²) in [6, 6.07) is 3.49. The van der Waals surface area contributed by atoms with Gasteiger partial charge in [-0.25, -0.2) is 0 Å². The minimum Gasteiger partial charge on any atom is -0.328 e. The zero-order valence-electron chi connectivity index (χ0n) is 10.8. The number of hydrogen-bond acceptors (Lipinski definition) is 5. The van der Waals surface area contributed by atoms with Gasteiger partial charge in [0.05, 0.1) is 16.1 Å². The fraction of sp³-hybridized carbons (Fsp3) is 0.250. The average molecular weight is 277 g/mol. The highest BCUT2D eigenvalue weighted by Crippen LogP contribution is 2.26. The van der Waals surface area contributed by atoms with Gasteiger partial charge in [-0.2, -0.15) is 0 Å². The zero-order chi connectivity index (χ0) is 15.0. The maximum absolute atomic E-state index is 12.1. The third kappa shape index (κ3) is 2.11. The molecule has 0 fully saturated rings. The van der Waals surface area contributed by atoms with E-state index in [4.69, 9.17) is 0 Å². The Hall–Kier alpha value is -2.77. The second-order valence-corrected chi connectivity index (χ2v) is 4.38. The van der Waals surface area contributed by atoms with Gasteiger partial charge in [0.2, 0.25) is 5.91 Å². The summed E-state index contributed by atoms with van der Waals surface area (Å²) in [7, 11) is 1.45. The minimum atomic E-state index is -0.637. The van der Waals surface area contributed by atoms with Crippen LogP contribution in [0, 0.1) is 10.1 Å². The molecule has 0 N–H and O–H groups in total. The molecule has 20 heavy (non-hydrogen) atoms. The second-order valence-electron chi connectivity index (χ2n) is 4.38. The number of rotatable bonds is 3. The van der Waals surface area contributed by atoms with Gasteiger partial charge >= 0.3 is 0 Å². The van der Waals surface area contributed by atoms with E-state index < -0.39 is 16.7 Å². The Morgan fingerprint density at radius 1 is 1.30 bits per heavy atom. The first kappa shape index (κ1) is 13.7. The van der Waals surface area contributed by atoms with E-state index in [1.165, 1.54) is 31.0 Å². The molecule has 3 amide bonds. The SMILES string of the molecule is CC(=O)N(C)CN1C(=O)c2ccc([N+](=O)[O-])cc2C1=O. The molecular weight excluding hydrogens is 266 g/mol. The molecule has 0 bridgehead atoms. The van der Waals surface area contributed by atoms with Gasteiger partial charge in [-0.15, -0.1) is 0 Å². The van der Waals surface area contributed by atoms with Gasteiger partial charge in [0.15, 0.2) is 0 Å². The zero-order valence-corrected chi connectivity index (χ0v) is 10.8. The third-order valence-corrected chi connectivity index (χ3v) is 3.06. The number of amides is 3. The van der Waals surface area contributed by atoms with E-state index in [1.807, 2.05) is 0 Å². The number of nitro groups is 1. The quantitative estimate of drug-likeness (QED) is 0.458. The lowest BCUT2D eigenvalue weighted by molar-refractivity contribution is -0.384. The number of imide groups is 1. The molecule has 0 unspecified atom stereocenters. The van der Waals surface area contributed by atoms with E-state index >= 15 is 0 Å². The Kier molecular flexibility index (Phi) is 3.23. The number of carbonyl (C=O) groups excluding carboxylic acids is 3. The van der Waals surface area contributed by atoms with E-state index in [1.54, 1.807) is 0 Å². The molecule has 1 aliphatic heterocycles. The fourth-order valence-corrected chi connectivity index (χ4v) is 1.83. The Labute approximate surface area is 113 Å². The van der Waals surface area contributed by atoms with Gasteiger partial charge in [-0.3, -0.25) is 29.4 Å². The van der Waals surface area contributed by atoms with Crippen molar-refractivity contribution < 1.29 is 19.3 Å². The summed E-state index contributed by atoms with van der Waals surface area (Å²) >= 11 is 0. The maximum atomic E-state index is 12.1. The topological polar surface area (TPSA) is 101 Å². The van der Waals surface area contributed by atoms with E-state index in [2.05, 4.69) is 0 Å². The predicted molar refractivity (Wildman–Crippen MR) is 66.9 cm³/mol. The van der Waals surface area contributed by atoms with Gasteiger partial charge in [0.25, 0.3) is 17.5 Å². The molecule has 1 aromatic rings. The van der Waals surface area contributed by atoms with Crippen molar-refractivity contribution in [2.75, 3.05) is 13.7 Å². The summed E-state index contributed by atoms with van der Waals surface area (Å²) in [6.07, 6.45) is 0. The van der Waals surface area contributed by atoms with Crippen LogP contribution >= 0.6 is 0 Å². The molecule has 1 aliphatic rings. The Morgan fingerprint density at radius 3 is 2.45 bits per heavy atom. The van der Waals surface area contributed by atoms with Crippen molar-refractivity contribution in [3.8, 4) is 0 Å². The number of benzene rings is 1. The van der Waals surface area contributed by atoms with Crippen LogP contribution in [0.1, 0.15) is 27.6 Å². The van der Waals surface area contributed by atoms with Gasteiger partial charge in [0.1, 0.15) is 6.67 Å². The molecule has 0 radical (unpaired) electrons. The first-order valence-corrected chi connectivity index (χ1v) is 5.69. The number of hydrogen-bond donors (Lipinski definition) is 0. The van der Waals surface area contributed by atoms with Crippen LogP contribution in [-0.4, -0.2) is 46.2 Å². The number of non-ortho nitro benzene ring substituents is 1. The van der Waals surface area contributed by atoms with Crippen molar-refractivity contribution in [1.29, 1.82) is 0 Å². The number of carbonyl (C=O) groups is 3. The maximum Gasteiger partial charge on any atom is 0.270 e. The summed E-state index contributed by atoms with van der Waals surface area (Å²) in [4.78, 5) is 47.4. The van der Waals surface area contributed by atoms with Crippen molar-refractivity contribution in [3.63, 3.8) is 0 Å². The predicted octanol–water partition coefficient (Wildman–Crippen LogP) is 0.627. The van der Waals surface area contributed by atoms with Crippen molar-refractivity contribution in [2.45, 2.75) is 6.92 Å². The van der Waals surface area contributed by atoms with E-state index in [0.717, 1.165) is 11.0 Å². The molecule has 8 heteroatoms. The van der Waals surface area contributed by atoms with Crippen LogP contribution in [0.25, 0.3) is 0 Å². The Morgan fingerprint density at radius 2 is 1.90 bits per heavy atom. The Balaban J connectivity index is 2.35. The summed E-state index contributed by atoms with van der Waals surface area (Å²) in [5, 5.41) is 10.7. The molecule has 1 heterocycles. The average Bonchev–Trinajstić information content (AvgIpc) is 2.63. The van der Waals surface area contributed by atoms with Gasteiger partial charge in [-0.05, 0) is 6.07 Å². The molecule has 0 atom stereocenters. The molecule has 0 saturated carbocycles. The molecule has 0 aliphatic carbocycles.